The Bertz CT molecular complexity index is 645. The van der Waals surface area contributed by atoms with Crippen LogP contribution in [0.4, 0.5) is 0 Å². The van der Waals surface area contributed by atoms with Gasteiger partial charge in [0.25, 0.3) is 0 Å². The molecule has 3 rings (SSSR count). The molecule has 0 radical (unpaired) electrons. The summed E-state index contributed by atoms with van der Waals surface area (Å²) in [6, 6.07) is 2.01. The van der Waals surface area contributed by atoms with E-state index < -0.39 is 0 Å². The molecule has 6 nitrogen and oxygen atoms in total. The molecule has 0 bridgehead atoms. The van der Waals surface area contributed by atoms with Gasteiger partial charge in [-0.05, 0) is 32.4 Å². The van der Waals surface area contributed by atoms with Crippen LogP contribution < -0.4 is 5.32 Å². The highest BCUT2D eigenvalue weighted by atomic mass is 32.2. The van der Waals surface area contributed by atoms with Crippen molar-refractivity contribution >= 4 is 11.8 Å². The minimum absolute atomic E-state index is 0.482. The summed E-state index contributed by atoms with van der Waals surface area (Å²) in [7, 11) is 0. The van der Waals surface area contributed by atoms with Crippen LogP contribution >= 0.6 is 11.8 Å². The molecule has 3 heterocycles. The fraction of sp³-hybridized carbons (Fsp3) is 0.562. The summed E-state index contributed by atoms with van der Waals surface area (Å²) in [5.41, 5.74) is 0.989. The lowest BCUT2D eigenvalue weighted by atomic mass is 9.97. The first-order chi connectivity index (χ1) is 11.3. The lowest BCUT2D eigenvalue weighted by Crippen LogP contribution is -2.28. The van der Waals surface area contributed by atoms with Crippen molar-refractivity contribution in [2.45, 2.75) is 49.6 Å². The van der Waals surface area contributed by atoms with Crippen LogP contribution in [0.1, 0.15) is 43.0 Å². The summed E-state index contributed by atoms with van der Waals surface area (Å²) < 4.78 is 7.53. The summed E-state index contributed by atoms with van der Waals surface area (Å²) in [4.78, 5) is 0. The quantitative estimate of drug-likeness (QED) is 0.621. The van der Waals surface area contributed by atoms with Gasteiger partial charge < -0.3 is 14.4 Å². The van der Waals surface area contributed by atoms with Crippen molar-refractivity contribution in [2.24, 2.45) is 0 Å². The molecular weight excluding hydrogens is 310 g/mol. The van der Waals surface area contributed by atoms with Crippen molar-refractivity contribution < 1.29 is 4.52 Å². The zero-order chi connectivity index (χ0) is 16.1. The molecule has 2 aromatic rings. The lowest BCUT2D eigenvalue weighted by molar-refractivity contribution is 0.389. The van der Waals surface area contributed by atoms with Crippen LogP contribution in [0.25, 0.3) is 0 Å². The Morgan fingerprint density at radius 3 is 2.96 bits per heavy atom. The van der Waals surface area contributed by atoms with Gasteiger partial charge in [0.1, 0.15) is 11.6 Å². The van der Waals surface area contributed by atoms with Gasteiger partial charge in [0, 0.05) is 18.5 Å². The first-order valence-electron chi connectivity index (χ1n) is 8.13. The third-order valence-corrected chi connectivity index (χ3v) is 5.06. The van der Waals surface area contributed by atoms with E-state index in [-0.39, 0.29) is 0 Å². The monoisotopic (exact) mass is 333 g/mol. The molecule has 0 atom stereocenters. The molecule has 0 unspecified atom stereocenters. The Balaban J connectivity index is 1.72. The maximum absolute atomic E-state index is 5.34. The number of piperidine rings is 1. The Kier molecular flexibility index (Phi) is 5.51. The van der Waals surface area contributed by atoms with Gasteiger partial charge >= 0.3 is 0 Å². The van der Waals surface area contributed by atoms with Crippen LogP contribution in [0.3, 0.4) is 0 Å². The smallest absolute Gasteiger partial charge is 0.191 e. The number of thioether (sulfide) groups is 1. The van der Waals surface area contributed by atoms with Crippen molar-refractivity contribution in [3.05, 3.63) is 36.0 Å². The highest BCUT2D eigenvalue weighted by Crippen LogP contribution is 2.29. The first kappa shape index (κ1) is 16.3. The second-order valence-corrected chi connectivity index (χ2v) is 6.63. The average molecular weight is 333 g/mol. The van der Waals surface area contributed by atoms with Gasteiger partial charge in [0.2, 0.25) is 0 Å². The zero-order valence-corrected chi connectivity index (χ0v) is 14.3. The van der Waals surface area contributed by atoms with Crippen LogP contribution in [0.2, 0.25) is 0 Å². The van der Waals surface area contributed by atoms with Crippen LogP contribution in [-0.4, -0.2) is 33.0 Å². The minimum atomic E-state index is 0.482. The second-order valence-electron chi connectivity index (χ2n) is 5.69. The predicted octanol–water partition coefficient (Wildman–Crippen LogP) is 2.77. The normalized spacial score (nSPS) is 15.9. The highest BCUT2D eigenvalue weighted by Gasteiger charge is 2.23. The van der Waals surface area contributed by atoms with E-state index in [0.717, 1.165) is 61.3 Å². The molecule has 2 aromatic heterocycles. The summed E-state index contributed by atoms with van der Waals surface area (Å²) in [6.45, 7) is 8.78. The number of hydrogen-bond acceptors (Lipinski definition) is 6. The van der Waals surface area contributed by atoms with Gasteiger partial charge in [-0.25, -0.2) is 0 Å². The van der Waals surface area contributed by atoms with Crippen LogP contribution in [-0.2, 0) is 18.7 Å². The third kappa shape index (κ3) is 3.84. The molecule has 1 N–H and O–H groups in total. The van der Waals surface area contributed by atoms with Crippen molar-refractivity contribution in [3.63, 3.8) is 0 Å². The summed E-state index contributed by atoms with van der Waals surface area (Å²) in [5, 5.41) is 17.2. The number of aromatic nitrogens is 4. The van der Waals surface area contributed by atoms with Gasteiger partial charge in [0.15, 0.2) is 5.16 Å². The van der Waals surface area contributed by atoms with Crippen LogP contribution in [0.15, 0.2) is 28.4 Å². The van der Waals surface area contributed by atoms with Gasteiger partial charge in [-0.3, -0.25) is 0 Å². The molecule has 124 valence electrons. The molecule has 0 aromatic carbocycles. The van der Waals surface area contributed by atoms with E-state index in [1.165, 1.54) is 0 Å². The Hall–Kier alpha value is -1.60. The highest BCUT2D eigenvalue weighted by molar-refractivity contribution is 7.98. The molecule has 7 heteroatoms. The fourth-order valence-corrected chi connectivity index (χ4v) is 3.65. The Morgan fingerprint density at radius 2 is 2.26 bits per heavy atom. The average Bonchev–Trinajstić information content (AvgIpc) is 3.21. The number of nitrogens with zero attached hydrogens (tertiary/aromatic N) is 4. The van der Waals surface area contributed by atoms with Crippen molar-refractivity contribution in [3.8, 4) is 0 Å². The summed E-state index contributed by atoms with van der Waals surface area (Å²) in [6.07, 6.45) is 5.02. The molecule has 1 fully saturated rings. The molecule has 1 saturated heterocycles. The summed E-state index contributed by atoms with van der Waals surface area (Å²) >= 11 is 1.64. The number of hydrogen-bond donors (Lipinski definition) is 1. The third-order valence-electron chi connectivity index (χ3n) is 4.07. The fourth-order valence-electron chi connectivity index (χ4n) is 2.82. The molecule has 0 amide bonds. The predicted molar refractivity (Wildman–Crippen MR) is 90.5 cm³/mol. The number of aryl methyl sites for hydroxylation is 1. The SMILES string of the molecule is C=CCn1c(SCc2cc(CC)no2)nnc1C1CCNCC1. The zero-order valence-electron chi connectivity index (χ0n) is 13.5. The number of nitrogens with one attached hydrogen (secondary N) is 1. The molecule has 0 saturated carbocycles. The molecule has 1 aliphatic heterocycles. The molecule has 0 spiro atoms. The van der Waals surface area contributed by atoms with Gasteiger partial charge in [-0.15, -0.1) is 16.8 Å². The second kappa shape index (κ2) is 7.79. The van der Waals surface area contributed by atoms with E-state index in [0.29, 0.717) is 11.7 Å². The van der Waals surface area contributed by atoms with E-state index in [4.69, 9.17) is 4.52 Å². The van der Waals surface area contributed by atoms with Crippen molar-refractivity contribution in [1.29, 1.82) is 0 Å². The number of allylic oxidation sites excluding steroid dienone is 1. The number of rotatable bonds is 7. The maximum Gasteiger partial charge on any atom is 0.191 e. The van der Waals surface area contributed by atoms with Gasteiger partial charge in [-0.1, -0.05) is 29.9 Å². The van der Waals surface area contributed by atoms with E-state index in [1.807, 2.05) is 12.1 Å². The first-order valence-corrected chi connectivity index (χ1v) is 9.12. The molecule has 1 aliphatic rings. The van der Waals surface area contributed by atoms with Crippen molar-refractivity contribution in [1.82, 2.24) is 25.2 Å². The lowest BCUT2D eigenvalue weighted by Gasteiger charge is -2.22. The maximum atomic E-state index is 5.34. The van der Waals surface area contributed by atoms with Crippen LogP contribution in [0.5, 0.6) is 0 Å². The molecular formula is C16H23N5OS. The van der Waals surface area contributed by atoms with E-state index >= 15 is 0 Å². The van der Waals surface area contributed by atoms with Gasteiger partial charge in [-0.2, -0.15) is 0 Å². The largest absolute Gasteiger partial charge is 0.360 e. The van der Waals surface area contributed by atoms with Crippen LogP contribution in [0, 0.1) is 0 Å². The Labute approximate surface area is 140 Å². The van der Waals surface area contributed by atoms with Crippen molar-refractivity contribution in [2.75, 3.05) is 13.1 Å². The van der Waals surface area contributed by atoms with Gasteiger partial charge in [0.05, 0.1) is 11.4 Å². The van der Waals surface area contributed by atoms with E-state index in [1.54, 1.807) is 11.8 Å². The Morgan fingerprint density at radius 1 is 1.43 bits per heavy atom. The standard InChI is InChI=1S/C16H23N5OS/c1-3-9-21-15(12-5-7-17-8-6-12)18-19-16(21)23-11-14-10-13(4-2)20-22-14/h3,10,12,17H,1,4-9,11H2,2H3. The topological polar surface area (TPSA) is 68.8 Å². The van der Waals surface area contributed by atoms with E-state index in [2.05, 4.69) is 38.7 Å². The minimum Gasteiger partial charge on any atom is -0.360 e. The summed E-state index contributed by atoms with van der Waals surface area (Å²) in [5.74, 6) is 3.16. The molecule has 0 aliphatic carbocycles. The van der Waals surface area contributed by atoms with E-state index in [9.17, 15) is 0 Å². The molecule has 23 heavy (non-hydrogen) atoms.